The Labute approximate surface area is 322 Å². The maximum absolute atomic E-state index is 12.5. The van der Waals surface area contributed by atoms with Gasteiger partial charge in [0.15, 0.2) is 0 Å². The van der Waals surface area contributed by atoms with Crippen LogP contribution in [-0.2, 0) is 14.9 Å². The van der Waals surface area contributed by atoms with Crippen molar-refractivity contribution in [3.63, 3.8) is 0 Å². The van der Waals surface area contributed by atoms with E-state index < -0.39 is 28.0 Å². The highest BCUT2D eigenvalue weighted by Crippen LogP contribution is 2.13. The van der Waals surface area contributed by atoms with Gasteiger partial charge in [0.05, 0.1) is 17.9 Å². The van der Waals surface area contributed by atoms with Gasteiger partial charge in [0.2, 0.25) is 5.91 Å². The summed E-state index contributed by atoms with van der Waals surface area (Å²) in [7, 11) is -4.36. The number of hydrogen-bond acceptors (Lipinski definition) is 4. The molecule has 0 bridgehead atoms. The van der Waals surface area contributed by atoms with Crippen LogP contribution in [0.1, 0.15) is 213 Å². The Morgan fingerprint density at radius 3 is 1.21 bits per heavy atom. The highest BCUT2D eigenvalue weighted by molar-refractivity contribution is 7.85. The van der Waals surface area contributed by atoms with E-state index in [4.69, 9.17) is 0 Å². The maximum Gasteiger partial charge on any atom is 0.267 e. The minimum absolute atomic E-state index is 0.274. The fourth-order valence-corrected chi connectivity index (χ4v) is 7.15. The summed E-state index contributed by atoms with van der Waals surface area (Å²) in [6.07, 6.45) is 52.5. The number of carbonyl (C=O) groups is 1. The fraction of sp³-hybridized carbons (Fsp3) is 0.800. The van der Waals surface area contributed by atoms with Gasteiger partial charge >= 0.3 is 0 Å². The summed E-state index contributed by atoms with van der Waals surface area (Å²) in [5.41, 5.74) is 0. The van der Waals surface area contributed by atoms with Crippen molar-refractivity contribution in [1.29, 1.82) is 0 Å². The summed E-state index contributed by atoms with van der Waals surface area (Å²) in [6.45, 7) is 4.53. The molecule has 0 heterocycles. The summed E-state index contributed by atoms with van der Waals surface area (Å²) in [6, 6.07) is -1.08. The number of aliphatic hydroxyl groups is 1. The molecule has 0 saturated heterocycles. The Bertz CT molecular complexity index is 1000. The number of unbranched alkanes of at least 4 members (excludes halogenated alkanes) is 25. The third kappa shape index (κ3) is 39.5. The van der Waals surface area contributed by atoms with Crippen molar-refractivity contribution in [2.75, 3.05) is 5.75 Å². The first-order valence-corrected chi connectivity index (χ1v) is 23.4. The predicted molar refractivity (Wildman–Crippen MR) is 225 cm³/mol. The predicted octanol–water partition coefficient (Wildman–Crippen LogP) is 13.1. The molecule has 0 fully saturated rings. The van der Waals surface area contributed by atoms with E-state index in [0.29, 0.717) is 12.8 Å². The molecular weight excluding hydrogens is 667 g/mol. The normalized spacial score (nSPS) is 13.7. The fourth-order valence-electron chi connectivity index (χ4n) is 6.42. The molecule has 6 nitrogen and oxygen atoms in total. The number of carbonyl (C=O) groups excluding carboxylic acids is 1. The van der Waals surface area contributed by atoms with Crippen LogP contribution in [0.2, 0.25) is 0 Å². The summed E-state index contributed by atoms with van der Waals surface area (Å²) >= 11 is 0. The number of aliphatic hydroxyl groups excluding tert-OH is 1. The molecule has 3 N–H and O–H groups in total. The monoisotopic (exact) mass is 750 g/mol. The Morgan fingerprint density at radius 1 is 0.500 bits per heavy atom. The van der Waals surface area contributed by atoms with E-state index >= 15 is 0 Å². The molecule has 0 aromatic carbocycles. The standard InChI is InChI=1S/C45H83NO5S/c1-3-5-7-9-11-13-15-17-19-21-22-23-24-25-26-28-30-32-34-36-38-40-44(47)43(42-52(49,50)51)46-45(48)41-39-37-35-33-31-29-27-20-18-16-14-12-10-8-6-4-2/h20,24-25,27,30,32,38,40,43-44,47H,3-19,21-23,26,28-29,31,33-37,39,41-42H2,1-2H3,(H,46,48)(H,49,50,51)/b25-24+,27-20-,32-30+,40-38+. The number of nitrogens with one attached hydrogen (secondary N) is 1. The highest BCUT2D eigenvalue weighted by Gasteiger charge is 2.24. The first kappa shape index (κ1) is 50.3. The molecule has 0 aromatic heterocycles. The molecule has 1 amide bonds. The molecule has 7 heteroatoms. The largest absolute Gasteiger partial charge is 0.387 e. The third-order valence-corrected chi connectivity index (χ3v) is 10.5. The Hall–Kier alpha value is -1.70. The molecule has 0 saturated carbocycles. The molecule has 0 aliphatic heterocycles. The van der Waals surface area contributed by atoms with Crippen LogP contribution in [0, 0.1) is 0 Å². The van der Waals surface area contributed by atoms with Gasteiger partial charge in [-0.3, -0.25) is 9.35 Å². The van der Waals surface area contributed by atoms with E-state index in [1.807, 2.05) is 0 Å². The van der Waals surface area contributed by atoms with E-state index in [1.54, 1.807) is 6.08 Å². The number of rotatable bonds is 39. The summed E-state index contributed by atoms with van der Waals surface area (Å²) in [4.78, 5) is 12.5. The van der Waals surface area contributed by atoms with Gasteiger partial charge in [0.1, 0.15) is 0 Å². The zero-order valence-electron chi connectivity index (χ0n) is 33.9. The topological polar surface area (TPSA) is 104 Å². The molecule has 52 heavy (non-hydrogen) atoms. The van der Waals surface area contributed by atoms with Crippen molar-refractivity contribution in [1.82, 2.24) is 5.32 Å². The Kier molecular flexibility index (Phi) is 37.7. The lowest BCUT2D eigenvalue weighted by Gasteiger charge is -2.21. The lowest BCUT2D eigenvalue weighted by Crippen LogP contribution is -2.46. The van der Waals surface area contributed by atoms with Gasteiger partial charge in [-0.1, -0.05) is 184 Å². The van der Waals surface area contributed by atoms with Gasteiger partial charge in [-0.25, -0.2) is 0 Å². The molecule has 0 aliphatic carbocycles. The van der Waals surface area contributed by atoms with Crippen LogP contribution in [0.3, 0.4) is 0 Å². The van der Waals surface area contributed by atoms with E-state index in [0.717, 1.165) is 51.4 Å². The quantitative estimate of drug-likeness (QED) is 0.0330. The second-order valence-electron chi connectivity index (χ2n) is 15.0. The van der Waals surface area contributed by atoms with Gasteiger partial charge in [0.25, 0.3) is 10.1 Å². The summed E-state index contributed by atoms with van der Waals surface area (Å²) in [5, 5.41) is 13.2. The van der Waals surface area contributed by atoms with Crippen LogP contribution >= 0.6 is 0 Å². The molecule has 0 rings (SSSR count). The SMILES string of the molecule is CCCCCCCCC/C=C\CCCCCCCC(=O)NC(CS(=O)(=O)O)C(O)/C=C/CC/C=C/CC/C=C/CCCCCCCCCCCCC. The summed E-state index contributed by atoms with van der Waals surface area (Å²) < 4.78 is 32.5. The molecule has 0 radical (unpaired) electrons. The first-order valence-electron chi connectivity index (χ1n) is 21.8. The van der Waals surface area contributed by atoms with Crippen LogP contribution in [0.15, 0.2) is 48.6 Å². The number of hydrogen-bond donors (Lipinski definition) is 3. The lowest BCUT2D eigenvalue weighted by molar-refractivity contribution is -0.122. The second kappa shape index (κ2) is 39.0. The first-order chi connectivity index (χ1) is 25.3. The molecule has 2 atom stereocenters. The van der Waals surface area contributed by atoms with Crippen LogP contribution in [0.25, 0.3) is 0 Å². The second-order valence-corrected chi connectivity index (χ2v) is 16.4. The van der Waals surface area contributed by atoms with E-state index in [1.165, 1.54) is 134 Å². The minimum Gasteiger partial charge on any atom is -0.387 e. The molecule has 0 aliphatic rings. The zero-order chi connectivity index (χ0) is 38.2. The van der Waals surface area contributed by atoms with Crippen LogP contribution in [0.5, 0.6) is 0 Å². The van der Waals surface area contributed by atoms with Gasteiger partial charge in [-0.05, 0) is 70.6 Å². The maximum atomic E-state index is 12.5. The minimum atomic E-state index is -4.36. The van der Waals surface area contributed by atoms with E-state index in [-0.39, 0.29) is 12.3 Å². The molecule has 304 valence electrons. The van der Waals surface area contributed by atoms with Crippen molar-refractivity contribution < 1.29 is 22.9 Å². The third-order valence-electron chi connectivity index (χ3n) is 9.71. The Balaban J connectivity index is 3.98. The molecule has 2 unspecified atom stereocenters. The van der Waals surface area contributed by atoms with Crippen LogP contribution in [0.4, 0.5) is 0 Å². The van der Waals surface area contributed by atoms with Crippen molar-refractivity contribution in [2.24, 2.45) is 0 Å². The average Bonchev–Trinajstić information content (AvgIpc) is 3.11. The average molecular weight is 750 g/mol. The van der Waals surface area contributed by atoms with E-state index in [9.17, 15) is 22.9 Å². The summed E-state index contributed by atoms with van der Waals surface area (Å²) in [5.74, 6) is -1.02. The van der Waals surface area contributed by atoms with Gasteiger partial charge in [0, 0.05) is 6.42 Å². The van der Waals surface area contributed by atoms with Crippen LogP contribution < -0.4 is 5.32 Å². The van der Waals surface area contributed by atoms with Crippen molar-refractivity contribution in [3.05, 3.63) is 48.6 Å². The van der Waals surface area contributed by atoms with Gasteiger partial charge in [-0.15, -0.1) is 0 Å². The number of amides is 1. The zero-order valence-corrected chi connectivity index (χ0v) is 34.7. The Morgan fingerprint density at radius 2 is 0.827 bits per heavy atom. The van der Waals surface area contributed by atoms with Crippen molar-refractivity contribution >= 4 is 16.0 Å². The number of allylic oxidation sites excluding steroid dienone is 7. The molecular formula is C45H83NO5S. The van der Waals surface area contributed by atoms with E-state index in [2.05, 4.69) is 55.6 Å². The highest BCUT2D eigenvalue weighted by atomic mass is 32.2. The van der Waals surface area contributed by atoms with Crippen molar-refractivity contribution in [3.8, 4) is 0 Å². The van der Waals surface area contributed by atoms with Crippen molar-refractivity contribution in [2.45, 2.75) is 225 Å². The molecule has 0 aromatic rings. The molecule has 0 spiro atoms. The lowest BCUT2D eigenvalue weighted by atomic mass is 10.1. The van der Waals surface area contributed by atoms with Gasteiger partial charge in [-0.2, -0.15) is 8.42 Å². The smallest absolute Gasteiger partial charge is 0.267 e. The van der Waals surface area contributed by atoms with Crippen LogP contribution in [-0.4, -0.2) is 41.9 Å². The van der Waals surface area contributed by atoms with Gasteiger partial charge < -0.3 is 10.4 Å².